The number of aryl methyl sites for hydroxylation is 1. The predicted octanol–water partition coefficient (Wildman–Crippen LogP) is 5.34. The first kappa shape index (κ1) is 46.1. The van der Waals surface area contributed by atoms with Gasteiger partial charge in [0.15, 0.2) is 11.9 Å². The molecule has 5 aliphatic rings. The highest BCUT2D eigenvalue weighted by atomic mass is 16.7. The molecule has 4 bridgehead atoms. The third kappa shape index (κ3) is 9.18. The molecular formula is C46H68N6O10. The summed E-state index contributed by atoms with van der Waals surface area (Å²) in [7, 11) is 3.88. The fraction of sp³-hybridized carbons (Fsp3) is 0.717. The van der Waals surface area contributed by atoms with E-state index in [2.05, 4.69) is 24.1 Å². The van der Waals surface area contributed by atoms with Crippen molar-refractivity contribution in [3.63, 3.8) is 0 Å². The maximum absolute atomic E-state index is 14.6. The Morgan fingerprint density at radius 3 is 2.45 bits per heavy atom. The quantitative estimate of drug-likeness (QED) is 0.268. The van der Waals surface area contributed by atoms with Crippen molar-refractivity contribution in [3.05, 3.63) is 47.8 Å². The van der Waals surface area contributed by atoms with Crippen LogP contribution in [0.4, 0.5) is 4.79 Å². The minimum atomic E-state index is -1.14. The van der Waals surface area contributed by atoms with E-state index in [1.165, 1.54) is 0 Å². The van der Waals surface area contributed by atoms with Gasteiger partial charge in [-0.15, -0.1) is 0 Å². The molecule has 4 saturated heterocycles. The first-order chi connectivity index (χ1) is 29.4. The fourth-order valence-electron chi connectivity index (χ4n) is 10.7. The van der Waals surface area contributed by atoms with Gasteiger partial charge in [-0.3, -0.25) is 14.7 Å². The summed E-state index contributed by atoms with van der Waals surface area (Å²) in [5.74, 6) is -2.26. The van der Waals surface area contributed by atoms with E-state index in [1.54, 1.807) is 11.8 Å². The summed E-state index contributed by atoms with van der Waals surface area (Å²) in [5.41, 5.74) is 1.95. The van der Waals surface area contributed by atoms with E-state index in [9.17, 15) is 14.7 Å². The van der Waals surface area contributed by atoms with Crippen LogP contribution < -0.4 is 0 Å². The summed E-state index contributed by atoms with van der Waals surface area (Å²) in [5, 5.41) is 20.9. The van der Waals surface area contributed by atoms with Crippen LogP contribution in [0.5, 0.6) is 0 Å². The monoisotopic (exact) mass is 864 g/mol. The molecule has 14 atom stereocenters. The van der Waals surface area contributed by atoms with Crippen LogP contribution in [0.2, 0.25) is 0 Å². The number of cyclic esters (lactones) is 1. The van der Waals surface area contributed by atoms with E-state index in [0.29, 0.717) is 38.1 Å². The van der Waals surface area contributed by atoms with Gasteiger partial charge < -0.3 is 43.3 Å². The summed E-state index contributed by atoms with van der Waals surface area (Å²) in [6.07, 6.45) is -1.53. The highest BCUT2D eigenvalue weighted by molar-refractivity contribution is 5.91. The lowest BCUT2D eigenvalue weighted by Gasteiger charge is -2.48. The highest BCUT2D eigenvalue weighted by Gasteiger charge is 2.60. The van der Waals surface area contributed by atoms with Gasteiger partial charge >= 0.3 is 12.1 Å². The van der Waals surface area contributed by atoms with Crippen molar-refractivity contribution in [1.29, 1.82) is 0 Å². The number of hydrogen-bond acceptors (Lipinski definition) is 14. The van der Waals surface area contributed by atoms with Crippen molar-refractivity contribution in [3.8, 4) is 5.69 Å². The second-order valence-electron chi connectivity index (χ2n) is 18.9. The number of carbonyl (C=O) groups excluding carboxylic acids is 2. The molecule has 0 aliphatic carbocycles. The molecule has 1 N–H and O–H groups in total. The van der Waals surface area contributed by atoms with Gasteiger partial charge in [0.2, 0.25) is 0 Å². The van der Waals surface area contributed by atoms with Gasteiger partial charge in [-0.2, -0.15) is 5.10 Å². The average molecular weight is 865 g/mol. The van der Waals surface area contributed by atoms with Crippen LogP contribution in [0.25, 0.3) is 5.69 Å². The SMILES string of the molecule is CC[C@H]1OC(=O)[C@@H](C)[C@H]2OCC(=NOCc3ccc(-n4ccc(C)n4)cc3)CO[C@](C)(C[C@@H](C)C3=NCCN4C(=O)O[C@@]1(C)[C@H]4[C@H]3C)[C@H](O[C@H]1O[C@@H](C)C[C@@H](N(C)C)[C@@H]1O)[C@H]2C. The van der Waals surface area contributed by atoms with E-state index in [4.69, 9.17) is 38.3 Å². The van der Waals surface area contributed by atoms with E-state index in [1.807, 2.05) is 102 Å². The van der Waals surface area contributed by atoms with Crippen molar-refractivity contribution in [2.45, 2.75) is 148 Å². The average Bonchev–Trinajstić information content (AvgIpc) is 3.72. The van der Waals surface area contributed by atoms with Crippen molar-refractivity contribution in [2.75, 3.05) is 40.4 Å². The van der Waals surface area contributed by atoms with Crippen LogP contribution in [0.15, 0.2) is 46.7 Å². The molecule has 1 aromatic heterocycles. The third-order valence-corrected chi connectivity index (χ3v) is 13.9. The Bertz CT molecular complexity index is 1960. The van der Waals surface area contributed by atoms with E-state index < -0.39 is 71.8 Å². The Labute approximate surface area is 366 Å². The van der Waals surface area contributed by atoms with Crippen LogP contribution in [0.1, 0.15) is 85.9 Å². The second-order valence-corrected chi connectivity index (χ2v) is 18.9. The van der Waals surface area contributed by atoms with Gasteiger partial charge in [0.1, 0.15) is 24.5 Å². The number of aliphatic imine (C=N–C) groups is 1. The molecule has 5 aliphatic heterocycles. The standard InChI is InChI=1S/C46H68N6O10/c1-12-36-46(9)40-29(5)37(47-18-20-51(40)44(55)62-46)26(2)22-45(8)41(61-43-38(53)35(50(10)11)21-28(4)59-43)30(6)39(31(7)42(54)60-36)56-24-33(25-57-45)49-58-23-32-13-15-34(16-14-32)52-19-17-27(3)48-52/h13-17,19,26,28-31,35-36,38-41,43,53H,12,18,20-25H2,1-11H3/t26-,28+,29+,30+,31+,35-,36-,38+,39+,40-,41-,43-,45-,46-/m1/s1. The summed E-state index contributed by atoms with van der Waals surface area (Å²) in [6.45, 7) is 18.8. The summed E-state index contributed by atoms with van der Waals surface area (Å²) in [6, 6.07) is 9.20. The minimum Gasteiger partial charge on any atom is -0.458 e. The number of fused-ring (bicyclic) bond motifs is 4. The molecule has 1 amide bonds. The predicted molar refractivity (Wildman–Crippen MR) is 231 cm³/mol. The molecule has 0 radical (unpaired) electrons. The van der Waals surface area contributed by atoms with Crippen LogP contribution in [0, 0.1) is 30.6 Å². The fourth-order valence-corrected chi connectivity index (χ4v) is 10.7. The van der Waals surface area contributed by atoms with Gasteiger partial charge in [0.25, 0.3) is 0 Å². The number of carbonyl (C=O) groups is 2. The molecule has 342 valence electrons. The molecule has 0 saturated carbocycles. The Hall–Kier alpha value is -3.93. The summed E-state index contributed by atoms with van der Waals surface area (Å²) < 4.78 is 41.8. The Morgan fingerprint density at radius 1 is 1.03 bits per heavy atom. The number of nitrogens with zero attached hydrogens (tertiary/aromatic N) is 6. The molecule has 1 aromatic carbocycles. The molecule has 0 spiro atoms. The molecule has 16 heteroatoms. The van der Waals surface area contributed by atoms with Gasteiger partial charge in [-0.1, -0.05) is 45.0 Å². The van der Waals surface area contributed by atoms with Gasteiger partial charge in [0.05, 0.1) is 67.0 Å². The number of likely N-dealkylation sites (N-methyl/N-ethyl adjacent to an activating group) is 1. The number of hydrogen-bond donors (Lipinski definition) is 1. The first-order valence-electron chi connectivity index (χ1n) is 22.4. The second kappa shape index (κ2) is 18.7. The van der Waals surface area contributed by atoms with E-state index >= 15 is 0 Å². The number of aliphatic hydroxyl groups is 1. The van der Waals surface area contributed by atoms with E-state index in [0.717, 1.165) is 22.7 Å². The number of benzene rings is 1. The first-order valence-corrected chi connectivity index (χ1v) is 22.4. The van der Waals surface area contributed by atoms with Crippen molar-refractivity contribution >= 4 is 23.5 Å². The maximum atomic E-state index is 14.6. The zero-order chi connectivity index (χ0) is 44.7. The van der Waals surface area contributed by atoms with Crippen LogP contribution in [-0.2, 0) is 44.7 Å². The molecular weight excluding hydrogens is 797 g/mol. The number of aromatic nitrogens is 2. The zero-order valence-corrected chi connectivity index (χ0v) is 38.4. The summed E-state index contributed by atoms with van der Waals surface area (Å²) in [4.78, 5) is 43.0. The van der Waals surface area contributed by atoms with Crippen LogP contribution >= 0.6 is 0 Å². The number of amides is 1. The maximum Gasteiger partial charge on any atom is 0.410 e. The van der Waals surface area contributed by atoms with Crippen molar-refractivity contribution in [2.24, 2.45) is 33.8 Å². The Kier molecular flexibility index (Phi) is 13.9. The van der Waals surface area contributed by atoms with Crippen LogP contribution in [-0.4, -0.2) is 149 Å². The Morgan fingerprint density at radius 2 is 1.77 bits per heavy atom. The molecule has 16 nitrogen and oxygen atoms in total. The summed E-state index contributed by atoms with van der Waals surface area (Å²) >= 11 is 0. The topological polar surface area (TPSA) is 168 Å². The number of rotatable bonds is 8. The third-order valence-electron chi connectivity index (χ3n) is 13.9. The molecule has 62 heavy (non-hydrogen) atoms. The molecule has 0 unspecified atom stereocenters. The van der Waals surface area contributed by atoms with Gasteiger partial charge in [0, 0.05) is 36.3 Å². The van der Waals surface area contributed by atoms with Crippen molar-refractivity contribution in [1.82, 2.24) is 19.6 Å². The molecule has 4 fully saturated rings. The lowest BCUT2D eigenvalue weighted by molar-refractivity contribution is -0.302. The number of esters is 1. The minimum absolute atomic E-state index is 0.00182. The zero-order valence-electron chi connectivity index (χ0n) is 38.4. The smallest absolute Gasteiger partial charge is 0.410 e. The highest BCUT2D eigenvalue weighted by Crippen LogP contribution is 2.45. The van der Waals surface area contributed by atoms with E-state index in [-0.39, 0.29) is 43.8 Å². The van der Waals surface area contributed by atoms with Gasteiger partial charge in [-0.05, 0) is 97.7 Å². The normalized spacial score (nSPS) is 39.0. The molecule has 2 aromatic rings. The molecule has 6 heterocycles. The number of oxime groups is 1. The molecule has 7 rings (SSSR count). The lowest BCUT2D eigenvalue weighted by Crippen LogP contribution is -2.60. The number of ether oxygens (including phenoxy) is 6. The number of aliphatic hydroxyl groups excluding tert-OH is 1. The lowest BCUT2D eigenvalue weighted by atomic mass is 9.72. The largest absolute Gasteiger partial charge is 0.458 e. The van der Waals surface area contributed by atoms with Crippen molar-refractivity contribution < 1.29 is 48.0 Å². The van der Waals surface area contributed by atoms with Crippen LogP contribution in [0.3, 0.4) is 0 Å². The van der Waals surface area contributed by atoms with Gasteiger partial charge in [-0.25, -0.2) is 9.48 Å². The Balaban J connectivity index is 1.27.